The van der Waals surface area contributed by atoms with Crippen LogP contribution in [0, 0.1) is 33.6 Å². The van der Waals surface area contributed by atoms with Gasteiger partial charge < -0.3 is 10.2 Å². The van der Waals surface area contributed by atoms with Crippen molar-refractivity contribution in [1.82, 2.24) is 10.2 Å². The molecule has 0 fully saturated rings. The van der Waals surface area contributed by atoms with Crippen LogP contribution in [0.25, 0.3) is 0 Å². The summed E-state index contributed by atoms with van der Waals surface area (Å²) in [6.45, 7) is 13.7. The monoisotopic (exact) mass is 577 g/mol. The zero-order valence-electron chi connectivity index (χ0n) is 25.3. The lowest BCUT2D eigenvalue weighted by molar-refractivity contribution is -0.140. The molecule has 3 rings (SSSR count). The van der Waals surface area contributed by atoms with E-state index in [2.05, 4.69) is 5.32 Å². The molecule has 7 nitrogen and oxygen atoms in total. The van der Waals surface area contributed by atoms with Crippen molar-refractivity contribution in [3.05, 3.63) is 94.5 Å². The van der Waals surface area contributed by atoms with Crippen molar-refractivity contribution in [3.8, 4) is 0 Å². The highest BCUT2D eigenvalue weighted by Gasteiger charge is 2.34. The molecule has 0 saturated heterocycles. The fourth-order valence-electron chi connectivity index (χ4n) is 4.79. The second kappa shape index (κ2) is 13.8. The summed E-state index contributed by atoms with van der Waals surface area (Å²) in [4.78, 5) is 29.2. The minimum Gasteiger partial charge on any atom is -0.354 e. The van der Waals surface area contributed by atoms with Crippen molar-refractivity contribution in [2.45, 2.75) is 72.4 Å². The standard InChI is InChI=1S/C33H43N3O4S/c1-8-30(33(38)34-20-23(2)3)35(21-28-11-9-10-25(5)19-28)32(37)22-36(31-17-14-26(6)18-27(31)7)41(39,40)29-15-12-24(4)13-16-29/h9-19,23,30H,8,20-22H2,1-7H3,(H,34,38). The first-order valence-electron chi connectivity index (χ1n) is 14.1. The van der Waals surface area contributed by atoms with Crippen LogP contribution in [0.4, 0.5) is 5.69 Å². The minimum absolute atomic E-state index is 0.0998. The third-order valence-corrected chi connectivity index (χ3v) is 8.79. The molecular weight excluding hydrogens is 534 g/mol. The number of anilines is 1. The van der Waals surface area contributed by atoms with Gasteiger partial charge in [-0.1, -0.05) is 86.0 Å². The number of carbonyl (C=O) groups is 2. The maximum absolute atomic E-state index is 14.2. The van der Waals surface area contributed by atoms with Crippen molar-refractivity contribution in [3.63, 3.8) is 0 Å². The molecule has 220 valence electrons. The Morgan fingerprint density at radius 2 is 1.49 bits per heavy atom. The number of hydrogen-bond acceptors (Lipinski definition) is 4. The zero-order valence-corrected chi connectivity index (χ0v) is 26.1. The quantitative estimate of drug-likeness (QED) is 0.299. The van der Waals surface area contributed by atoms with Gasteiger partial charge in [-0.05, 0) is 69.4 Å². The second-order valence-corrected chi connectivity index (χ2v) is 13.1. The van der Waals surface area contributed by atoms with Crippen LogP contribution in [0.2, 0.25) is 0 Å². The fourth-order valence-corrected chi connectivity index (χ4v) is 6.26. The number of hydrogen-bond donors (Lipinski definition) is 1. The first kappa shape index (κ1) is 31.9. The van der Waals surface area contributed by atoms with Crippen LogP contribution in [-0.2, 0) is 26.2 Å². The summed E-state index contributed by atoms with van der Waals surface area (Å²) in [5.74, 6) is -0.451. The van der Waals surface area contributed by atoms with Gasteiger partial charge in [0.1, 0.15) is 12.6 Å². The summed E-state index contributed by atoms with van der Waals surface area (Å²) < 4.78 is 29.3. The van der Waals surface area contributed by atoms with Crippen LogP contribution < -0.4 is 9.62 Å². The third-order valence-electron chi connectivity index (χ3n) is 7.01. The Kier molecular flexibility index (Phi) is 10.7. The Bertz CT molecular complexity index is 1470. The Labute approximate surface area is 245 Å². The number of nitrogens with one attached hydrogen (secondary N) is 1. The first-order chi connectivity index (χ1) is 19.3. The van der Waals surface area contributed by atoms with Crippen molar-refractivity contribution in [1.29, 1.82) is 0 Å². The number of amides is 2. The molecule has 0 bridgehead atoms. The van der Waals surface area contributed by atoms with Gasteiger partial charge in [0, 0.05) is 13.1 Å². The van der Waals surface area contributed by atoms with E-state index in [1.807, 2.05) is 84.9 Å². The predicted molar refractivity (Wildman–Crippen MR) is 165 cm³/mol. The van der Waals surface area contributed by atoms with E-state index >= 15 is 0 Å². The lowest BCUT2D eigenvalue weighted by Gasteiger charge is -2.33. The summed E-state index contributed by atoms with van der Waals surface area (Å²) in [7, 11) is -4.10. The third kappa shape index (κ3) is 8.19. The molecule has 1 atom stereocenters. The fraction of sp³-hybridized carbons (Fsp3) is 0.394. The van der Waals surface area contributed by atoms with Crippen LogP contribution in [-0.4, -0.2) is 44.3 Å². The lowest BCUT2D eigenvalue weighted by Crippen LogP contribution is -2.52. The highest BCUT2D eigenvalue weighted by molar-refractivity contribution is 7.92. The number of rotatable bonds is 12. The smallest absolute Gasteiger partial charge is 0.264 e. The molecule has 0 aliphatic carbocycles. The molecule has 2 amide bonds. The molecule has 0 radical (unpaired) electrons. The average molecular weight is 578 g/mol. The number of aryl methyl sites for hydroxylation is 4. The van der Waals surface area contributed by atoms with Crippen LogP contribution in [0.15, 0.2) is 71.6 Å². The van der Waals surface area contributed by atoms with Crippen molar-refractivity contribution >= 4 is 27.5 Å². The Morgan fingerprint density at radius 3 is 2.07 bits per heavy atom. The topological polar surface area (TPSA) is 86.8 Å². The van der Waals surface area contributed by atoms with Crippen molar-refractivity contribution < 1.29 is 18.0 Å². The number of sulfonamides is 1. The Morgan fingerprint density at radius 1 is 0.854 bits per heavy atom. The van der Waals surface area contributed by atoms with E-state index < -0.39 is 28.5 Å². The molecule has 0 aliphatic rings. The van der Waals surface area contributed by atoms with Crippen LogP contribution in [0.3, 0.4) is 0 Å². The van der Waals surface area contributed by atoms with Crippen molar-refractivity contribution in [2.75, 3.05) is 17.4 Å². The van der Waals surface area contributed by atoms with Gasteiger partial charge in [-0.2, -0.15) is 0 Å². The first-order valence-corrected chi connectivity index (χ1v) is 15.6. The molecule has 0 saturated carbocycles. The van der Waals surface area contributed by atoms with Gasteiger partial charge in [0.15, 0.2) is 0 Å². The molecule has 0 aromatic heterocycles. The van der Waals surface area contributed by atoms with Crippen LogP contribution in [0.1, 0.15) is 55.0 Å². The van der Waals surface area contributed by atoms with Gasteiger partial charge in [0.25, 0.3) is 10.0 Å². The van der Waals surface area contributed by atoms with Gasteiger partial charge in [0.05, 0.1) is 10.6 Å². The Balaban J connectivity index is 2.08. The van der Waals surface area contributed by atoms with E-state index in [1.54, 1.807) is 30.3 Å². The lowest BCUT2D eigenvalue weighted by atomic mass is 10.1. The summed E-state index contributed by atoms with van der Waals surface area (Å²) >= 11 is 0. The zero-order chi connectivity index (χ0) is 30.3. The van der Waals surface area contributed by atoms with Crippen LogP contribution in [0.5, 0.6) is 0 Å². The molecule has 8 heteroatoms. The predicted octanol–water partition coefficient (Wildman–Crippen LogP) is 5.70. The summed E-state index contributed by atoms with van der Waals surface area (Å²) in [6, 6.07) is 19.1. The van der Waals surface area contributed by atoms with E-state index in [0.717, 1.165) is 27.8 Å². The number of carbonyl (C=O) groups excluding carboxylic acids is 2. The molecule has 0 spiro atoms. The SMILES string of the molecule is CCC(C(=O)NCC(C)C)N(Cc1cccc(C)c1)C(=O)CN(c1ccc(C)cc1C)S(=O)(=O)c1ccc(C)cc1. The molecule has 1 N–H and O–H groups in total. The van der Waals surface area contributed by atoms with Crippen LogP contribution >= 0.6 is 0 Å². The molecule has 0 aliphatic heterocycles. The van der Waals surface area contributed by atoms with Gasteiger partial charge in [-0.15, -0.1) is 0 Å². The van der Waals surface area contributed by atoms with E-state index in [9.17, 15) is 18.0 Å². The molecule has 3 aromatic carbocycles. The van der Waals surface area contributed by atoms with E-state index in [4.69, 9.17) is 0 Å². The van der Waals surface area contributed by atoms with E-state index in [0.29, 0.717) is 18.7 Å². The van der Waals surface area contributed by atoms with Gasteiger partial charge in [-0.3, -0.25) is 13.9 Å². The molecule has 3 aromatic rings. The van der Waals surface area contributed by atoms with Gasteiger partial charge in [0.2, 0.25) is 11.8 Å². The molecular formula is C33H43N3O4S. The van der Waals surface area contributed by atoms with E-state index in [-0.39, 0.29) is 23.3 Å². The van der Waals surface area contributed by atoms with E-state index in [1.165, 1.54) is 9.21 Å². The largest absolute Gasteiger partial charge is 0.354 e. The molecule has 1 unspecified atom stereocenters. The highest BCUT2D eigenvalue weighted by atomic mass is 32.2. The molecule has 41 heavy (non-hydrogen) atoms. The van der Waals surface area contributed by atoms with Gasteiger partial charge in [-0.25, -0.2) is 8.42 Å². The maximum atomic E-state index is 14.2. The minimum atomic E-state index is -4.10. The van der Waals surface area contributed by atoms with Gasteiger partial charge >= 0.3 is 0 Å². The summed E-state index contributed by atoms with van der Waals surface area (Å²) in [5.41, 5.74) is 4.98. The second-order valence-electron chi connectivity index (χ2n) is 11.2. The summed E-state index contributed by atoms with van der Waals surface area (Å²) in [5, 5.41) is 2.96. The highest BCUT2D eigenvalue weighted by Crippen LogP contribution is 2.28. The average Bonchev–Trinajstić information content (AvgIpc) is 2.91. The number of benzene rings is 3. The maximum Gasteiger partial charge on any atom is 0.264 e. The van der Waals surface area contributed by atoms with Crippen molar-refractivity contribution in [2.24, 2.45) is 5.92 Å². The summed E-state index contributed by atoms with van der Waals surface area (Å²) in [6.07, 6.45) is 0.385. The normalized spacial score (nSPS) is 12.2. The Hall–Kier alpha value is -3.65. The number of nitrogens with zero attached hydrogens (tertiary/aromatic N) is 2. The molecule has 0 heterocycles.